The Labute approximate surface area is 337 Å². The van der Waals surface area contributed by atoms with Crippen LogP contribution in [0.25, 0.3) is 0 Å². The van der Waals surface area contributed by atoms with E-state index in [-0.39, 0.29) is 0 Å². The number of hydrogen-bond acceptors (Lipinski definition) is 0. The van der Waals surface area contributed by atoms with Crippen molar-refractivity contribution >= 4 is 0 Å². The Balaban J connectivity index is -0.000000180. The lowest BCUT2D eigenvalue weighted by molar-refractivity contribution is 0.214. The quantitative estimate of drug-likeness (QED) is 0.104. The zero-order chi connectivity index (χ0) is 42.1. The van der Waals surface area contributed by atoms with Crippen LogP contribution in [0, 0.1) is 88.8 Å². The molecule has 0 fully saturated rings. The summed E-state index contributed by atoms with van der Waals surface area (Å²) in [7, 11) is 0. The van der Waals surface area contributed by atoms with E-state index in [9.17, 15) is 0 Å². The highest BCUT2D eigenvalue weighted by Gasteiger charge is 2.22. The molecule has 0 aliphatic carbocycles. The van der Waals surface area contributed by atoms with Crippen molar-refractivity contribution in [1.82, 2.24) is 0 Å². The fraction of sp³-hybridized carbons (Fsp3) is 1.00. The Morgan fingerprint density at radius 3 is 0.558 bits per heavy atom. The van der Waals surface area contributed by atoms with Gasteiger partial charge in [-0.25, -0.2) is 0 Å². The predicted molar refractivity (Wildman–Crippen MR) is 250 cm³/mol. The Bertz CT molecular complexity index is 567. The molecule has 0 saturated carbocycles. The maximum Gasteiger partial charge on any atom is -0.0363 e. The van der Waals surface area contributed by atoms with Crippen LogP contribution in [0.5, 0.6) is 0 Å². The molecule has 0 amide bonds. The second-order valence-electron chi connectivity index (χ2n) is 19.4. The van der Waals surface area contributed by atoms with Gasteiger partial charge in [-0.3, -0.25) is 0 Å². The minimum Gasteiger partial charge on any atom is -0.0654 e. The fourth-order valence-electron chi connectivity index (χ4n) is 8.28. The normalized spacial score (nSPS) is 16.7. The molecule has 0 spiro atoms. The molecule has 0 nitrogen and oxygen atoms in total. The SMILES string of the molecule is CC(C)C(C)C(C)C.CC(C)C(C)C(C)C.CCC(C)C(CC)C(C)CC.CCC(C)C(CC)C(C)CC.CCCC(C)C(CCC)C(C)CCC. The van der Waals surface area contributed by atoms with Crippen LogP contribution in [0.15, 0.2) is 0 Å². The van der Waals surface area contributed by atoms with Crippen LogP contribution < -0.4 is 0 Å². The summed E-state index contributed by atoms with van der Waals surface area (Å²) in [6, 6.07) is 0. The molecule has 0 bridgehead atoms. The Hall–Kier alpha value is 0. The summed E-state index contributed by atoms with van der Waals surface area (Å²) in [5.41, 5.74) is 0. The van der Waals surface area contributed by atoms with Crippen molar-refractivity contribution in [3.8, 4) is 0 Å². The molecule has 0 heteroatoms. The lowest BCUT2D eigenvalue weighted by Crippen LogP contribution is -2.19. The molecule has 0 aromatic rings. The summed E-state index contributed by atoms with van der Waals surface area (Å²) < 4.78 is 0. The molecule has 0 rings (SSSR count). The largest absolute Gasteiger partial charge is 0.0654 e. The van der Waals surface area contributed by atoms with E-state index >= 15 is 0 Å². The van der Waals surface area contributed by atoms with Crippen molar-refractivity contribution in [2.45, 2.75) is 250 Å². The van der Waals surface area contributed by atoms with Crippen LogP contribution in [-0.2, 0) is 0 Å². The second kappa shape index (κ2) is 39.2. The van der Waals surface area contributed by atoms with Gasteiger partial charge < -0.3 is 0 Å². The molecule has 0 aliphatic heterocycles. The summed E-state index contributed by atoms with van der Waals surface area (Å²) in [5.74, 6) is 13.5. The highest BCUT2D eigenvalue weighted by Crippen LogP contribution is 2.32. The van der Waals surface area contributed by atoms with Gasteiger partial charge >= 0.3 is 0 Å². The first-order chi connectivity index (χ1) is 24.1. The second-order valence-corrected chi connectivity index (χ2v) is 19.4. The molecule has 0 aromatic heterocycles. The van der Waals surface area contributed by atoms with Crippen LogP contribution in [-0.4, -0.2) is 0 Å². The average Bonchev–Trinajstić information content (AvgIpc) is 3.10. The predicted octanol–water partition coefficient (Wildman–Crippen LogP) is 19.4. The Morgan fingerprint density at radius 1 is 0.231 bits per heavy atom. The van der Waals surface area contributed by atoms with Crippen molar-refractivity contribution < 1.29 is 0 Å². The zero-order valence-electron chi connectivity index (χ0n) is 42.1. The summed E-state index contributed by atoms with van der Waals surface area (Å²) in [4.78, 5) is 0. The first kappa shape index (κ1) is 61.2. The van der Waals surface area contributed by atoms with Gasteiger partial charge in [-0.05, 0) is 88.8 Å². The van der Waals surface area contributed by atoms with Gasteiger partial charge in [-0.15, -0.1) is 0 Å². The first-order valence-electron chi connectivity index (χ1n) is 24.1. The molecule has 0 heterocycles. The monoisotopic (exact) mass is 739 g/mol. The molecular formula is C52H114. The van der Waals surface area contributed by atoms with Gasteiger partial charge in [0.05, 0.1) is 0 Å². The van der Waals surface area contributed by atoms with Crippen molar-refractivity contribution in [3.05, 3.63) is 0 Å². The summed E-state index contributed by atoms with van der Waals surface area (Å²) in [5, 5.41) is 0. The third-order valence-electron chi connectivity index (χ3n) is 14.2. The van der Waals surface area contributed by atoms with Crippen LogP contribution in [0.4, 0.5) is 0 Å². The van der Waals surface area contributed by atoms with E-state index in [0.29, 0.717) is 0 Å². The van der Waals surface area contributed by atoms with E-state index in [1.807, 2.05) is 0 Å². The highest BCUT2D eigenvalue weighted by molar-refractivity contribution is 4.72. The smallest absolute Gasteiger partial charge is 0.0363 e. The summed E-state index contributed by atoms with van der Waals surface area (Å²) >= 11 is 0. The molecular weight excluding hydrogens is 625 g/mol. The third-order valence-corrected chi connectivity index (χ3v) is 14.2. The third kappa shape index (κ3) is 32.3. The topological polar surface area (TPSA) is 0 Å². The van der Waals surface area contributed by atoms with Gasteiger partial charge in [0.25, 0.3) is 0 Å². The highest BCUT2D eigenvalue weighted by atomic mass is 14.3. The first-order valence-corrected chi connectivity index (χ1v) is 24.1. The Kier molecular flexibility index (Phi) is 46.2. The zero-order valence-corrected chi connectivity index (χ0v) is 42.1. The molecule has 6 atom stereocenters. The standard InChI is InChI=1S/C14H30.2C11H24.2C8H18/c1-6-9-12(4)14(11-8-3)13(5)10-7-2;2*1-6-9(4)11(8-3)10(5)7-2;2*1-6(2)8(5)7(3)4/h12-14H,6-11H2,1-5H3;2*9-11H,6-8H2,1-5H3;2*6-8H,1-5H3. The molecule has 322 valence electrons. The molecule has 6 unspecified atom stereocenters. The maximum absolute atomic E-state index is 2.45. The van der Waals surface area contributed by atoms with Gasteiger partial charge in [-0.2, -0.15) is 0 Å². The fourth-order valence-corrected chi connectivity index (χ4v) is 8.28. The van der Waals surface area contributed by atoms with Gasteiger partial charge in [0.15, 0.2) is 0 Å². The van der Waals surface area contributed by atoms with Crippen LogP contribution >= 0.6 is 0 Å². The molecule has 52 heavy (non-hydrogen) atoms. The van der Waals surface area contributed by atoms with Gasteiger partial charge in [0.2, 0.25) is 0 Å². The minimum absolute atomic E-state index is 0.843. The summed E-state index contributed by atoms with van der Waals surface area (Å²) in [6.45, 7) is 58.1. The van der Waals surface area contributed by atoms with Crippen molar-refractivity contribution in [2.75, 3.05) is 0 Å². The van der Waals surface area contributed by atoms with E-state index < -0.39 is 0 Å². The van der Waals surface area contributed by atoms with E-state index in [2.05, 4.69) is 173 Å². The lowest BCUT2D eigenvalue weighted by Gasteiger charge is -2.29. The van der Waals surface area contributed by atoms with Crippen LogP contribution in [0.3, 0.4) is 0 Å². The van der Waals surface area contributed by atoms with E-state index in [0.717, 1.165) is 88.8 Å². The molecule has 0 aliphatic rings. The van der Waals surface area contributed by atoms with Gasteiger partial charge in [-0.1, -0.05) is 250 Å². The van der Waals surface area contributed by atoms with Gasteiger partial charge in [0.1, 0.15) is 0 Å². The van der Waals surface area contributed by atoms with Crippen LogP contribution in [0.1, 0.15) is 250 Å². The van der Waals surface area contributed by atoms with E-state index in [1.54, 1.807) is 0 Å². The summed E-state index contributed by atoms with van der Waals surface area (Å²) in [6.07, 6.45) is 16.4. The Morgan fingerprint density at radius 2 is 0.442 bits per heavy atom. The number of rotatable bonds is 22. The molecule has 0 radical (unpaired) electrons. The molecule has 0 saturated heterocycles. The van der Waals surface area contributed by atoms with Crippen molar-refractivity contribution in [2.24, 2.45) is 88.8 Å². The minimum atomic E-state index is 0.843. The van der Waals surface area contributed by atoms with E-state index in [1.165, 1.54) is 77.0 Å². The van der Waals surface area contributed by atoms with E-state index in [4.69, 9.17) is 0 Å². The van der Waals surface area contributed by atoms with Gasteiger partial charge in [0, 0.05) is 0 Å². The van der Waals surface area contributed by atoms with Crippen molar-refractivity contribution in [1.29, 1.82) is 0 Å². The molecule has 0 aromatic carbocycles. The maximum atomic E-state index is 2.45. The molecule has 0 N–H and O–H groups in total. The number of hydrogen-bond donors (Lipinski definition) is 0. The lowest BCUT2D eigenvalue weighted by atomic mass is 9.77. The average molecular weight is 739 g/mol. The van der Waals surface area contributed by atoms with Crippen LogP contribution in [0.2, 0.25) is 0 Å². The van der Waals surface area contributed by atoms with Crippen molar-refractivity contribution in [3.63, 3.8) is 0 Å².